The zero-order valence-electron chi connectivity index (χ0n) is 9.45. The average molecular weight is 273 g/mol. The lowest BCUT2D eigenvalue weighted by molar-refractivity contribution is 0.171. The van der Waals surface area contributed by atoms with Crippen molar-refractivity contribution in [1.82, 2.24) is 4.98 Å². The smallest absolute Gasteiger partial charge is 0.194 e. The lowest BCUT2D eigenvalue weighted by atomic mass is 10.1. The molecule has 2 aromatic rings. The summed E-state index contributed by atoms with van der Waals surface area (Å²) >= 11 is 1.32. The molecule has 96 valence electrons. The molecule has 6 heteroatoms. The summed E-state index contributed by atoms with van der Waals surface area (Å²) in [5.74, 6) is -4.19. The molecule has 18 heavy (non-hydrogen) atoms. The van der Waals surface area contributed by atoms with Gasteiger partial charge in [-0.1, -0.05) is 6.07 Å². The van der Waals surface area contributed by atoms with Crippen molar-refractivity contribution in [2.24, 2.45) is 0 Å². The predicted octanol–water partition coefficient (Wildman–Crippen LogP) is 3.14. The zero-order chi connectivity index (χ0) is 13.3. The van der Waals surface area contributed by atoms with Crippen LogP contribution in [0.15, 0.2) is 17.5 Å². The molecule has 0 saturated heterocycles. The van der Waals surface area contributed by atoms with E-state index in [2.05, 4.69) is 4.98 Å². The second-order valence-electron chi connectivity index (χ2n) is 3.87. The zero-order valence-corrected chi connectivity index (χ0v) is 10.3. The van der Waals surface area contributed by atoms with Crippen LogP contribution in [0.1, 0.15) is 22.4 Å². The minimum Gasteiger partial charge on any atom is -0.388 e. The summed E-state index contributed by atoms with van der Waals surface area (Å²) < 4.78 is 39.2. The first-order valence-electron chi connectivity index (χ1n) is 5.21. The Labute approximate surface area is 106 Å². The largest absolute Gasteiger partial charge is 0.388 e. The molecule has 2 nitrogen and oxygen atoms in total. The Hall–Kier alpha value is -1.40. The van der Waals surface area contributed by atoms with Crippen molar-refractivity contribution in [2.75, 3.05) is 0 Å². The summed E-state index contributed by atoms with van der Waals surface area (Å²) in [6.07, 6.45) is -1.17. The third kappa shape index (κ3) is 2.54. The number of halogens is 3. The summed E-state index contributed by atoms with van der Waals surface area (Å²) in [6.45, 7) is 1.80. The summed E-state index contributed by atoms with van der Waals surface area (Å²) in [6, 6.07) is 1.84. The van der Waals surface area contributed by atoms with Gasteiger partial charge in [-0.15, -0.1) is 11.3 Å². The van der Waals surface area contributed by atoms with E-state index in [0.717, 1.165) is 17.8 Å². The topological polar surface area (TPSA) is 33.1 Å². The minimum atomic E-state index is -1.57. The Morgan fingerprint density at radius 1 is 1.28 bits per heavy atom. The summed E-state index contributed by atoms with van der Waals surface area (Å²) in [7, 11) is 0. The number of hydrogen-bond acceptors (Lipinski definition) is 3. The van der Waals surface area contributed by atoms with Gasteiger partial charge in [-0.2, -0.15) is 0 Å². The van der Waals surface area contributed by atoms with E-state index >= 15 is 0 Å². The predicted molar refractivity (Wildman–Crippen MR) is 61.8 cm³/mol. The number of thiazole rings is 1. The number of rotatable bonds is 3. The van der Waals surface area contributed by atoms with E-state index in [-0.39, 0.29) is 12.0 Å². The lowest BCUT2D eigenvalue weighted by Crippen LogP contribution is -2.07. The summed E-state index contributed by atoms with van der Waals surface area (Å²) in [4.78, 5) is 4.11. The quantitative estimate of drug-likeness (QED) is 0.871. The Kier molecular flexibility index (Phi) is 3.68. The molecule has 0 aliphatic rings. The van der Waals surface area contributed by atoms with Crippen molar-refractivity contribution in [1.29, 1.82) is 0 Å². The summed E-state index contributed by atoms with van der Waals surface area (Å²) in [5, 5.41) is 12.2. The Morgan fingerprint density at radius 2 is 2.00 bits per heavy atom. The van der Waals surface area contributed by atoms with Crippen molar-refractivity contribution in [3.05, 3.63) is 51.2 Å². The Bertz CT molecular complexity index is 570. The van der Waals surface area contributed by atoms with Crippen molar-refractivity contribution in [3.8, 4) is 0 Å². The maximum atomic E-state index is 13.4. The van der Waals surface area contributed by atoms with Crippen molar-refractivity contribution in [2.45, 2.75) is 19.4 Å². The van der Waals surface area contributed by atoms with Gasteiger partial charge in [0.1, 0.15) is 0 Å². The molecule has 1 aromatic carbocycles. The van der Waals surface area contributed by atoms with Crippen LogP contribution in [0.5, 0.6) is 0 Å². The highest BCUT2D eigenvalue weighted by atomic mass is 32.1. The van der Waals surface area contributed by atoms with Gasteiger partial charge in [0.25, 0.3) is 0 Å². The maximum Gasteiger partial charge on any atom is 0.194 e. The van der Waals surface area contributed by atoms with Gasteiger partial charge in [0, 0.05) is 23.1 Å². The van der Waals surface area contributed by atoms with Crippen LogP contribution >= 0.6 is 11.3 Å². The van der Waals surface area contributed by atoms with Crippen LogP contribution < -0.4 is 0 Å². The molecule has 0 radical (unpaired) electrons. The number of nitrogens with zero attached hydrogens (tertiary/aromatic N) is 1. The van der Waals surface area contributed by atoms with Crippen LogP contribution in [-0.2, 0) is 6.42 Å². The van der Waals surface area contributed by atoms with E-state index in [4.69, 9.17) is 0 Å². The van der Waals surface area contributed by atoms with Gasteiger partial charge >= 0.3 is 0 Å². The van der Waals surface area contributed by atoms with Crippen LogP contribution in [0.25, 0.3) is 0 Å². The second-order valence-corrected chi connectivity index (χ2v) is 4.81. The molecular weight excluding hydrogens is 263 g/mol. The first kappa shape index (κ1) is 13.0. The highest BCUT2D eigenvalue weighted by Gasteiger charge is 2.20. The molecule has 0 amide bonds. The fraction of sp³-hybridized carbons (Fsp3) is 0.250. The number of aliphatic hydroxyl groups excluding tert-OH is 1. The molecule has 1 N–H and O–H groups in total. The van der Waals surface area contributed by atoms with E-state index < -0.39 is 23.6 Å². The molecular formula is C12H10F3NOS. The van der Waals surface area contributed by atoms with Crippen LogP contribution in [0.3, 0.4) is 0 Å². The van der Waals surface area contributed by atoms with Crippen LogP contribution in [0, 0.1) is 24.4 Å². The molecule has 1 atom stereocenters. The molecule has 2 rings (SSSR count). The molecule has 0 aliphatic heterocycles. The minimum absolute atomic E-state index is 0.0699. The Morgan fingerprint density at radius 3 is 2.61 bits per heavy atom. The van der Waals surface area contributed by atoms with Gasteiger partial charge in [0.2, 0.25) is 0 Å². The first-order chi connectivity index (χ1) is 8.49. The SMILES string of the molecule is Cc1csc(CC(O)c2ccc(F)c(F)c2F)n1. The standard InChI is InChI=1S/C12H10F3NOS/c1-6-5-18-10(16-6)4-9(17)7-2-3-8(13)12(15)11(7)14/h2-3,5,9,17H,4H2,1H3. The van der Waals surface area contributed by atoms with Crippen molar-refractivity contribution in [3.63, 3.8) is 0 Å². The molecule has 0 aliphatic carbocycles. The highest BCUT2D eigenvalue weighted by molar-refractivity contribution is 7.09. The highest BCUT2D eigenvalue weighted by Crippen LogP contribution is 2.25. The van der Waals surface area contributed by atoms with E-state index in [9.17, 15) is 18.3 Å². The van der Waals surface area contributed by atoms with E-state index in [0.29, 0.717) is 5.01 Å². The van der Waals surface area contributed by atoms with Gasteiger partial charge in [0.05, 0.1) is 11.1 Å². The van der Waals surface area contributed by atoms with Gasteiger partial charge in [-0.05, 0) is 13.0 Å². The number of hydrogen-bond donors (Lipinski definition) is 1. The second kappa shape index (κ2) is 5.07. The monoisotopic (exact) mass is 273 g/mol. The van der Waals surface area contributed by atoms with Gasteiger partial charge in [-0.3, -0.25) is 0 Å². The van der Waals surface area contributed by atoms with Gasteiger partial charge in [-0.25, -0.2) is 18.2 Å². The molecule has 0 saturated carbocycles. The number of aromatic nitrogens is 1. The van der Waals surface area contributed by atoms with Crippen LogP contribution in [0.2, 0.25) is 0 Å². The van der Waals surface area contributed by atoms with Crippen LogP contribution in [0.4, 0.5) is 13.2 Å². The van der Waals surface area contributed by atoms with E-state index in [1.807, 2.05) is 0 Å². The van der Waals surface area contributed by atoms with E-state index in [1.165, 1.54) is 11.3 Å². The first-order valence-corrected chi connectivity index (χ1v) is 6.09. The Balaban J connectivity index is 2.24. The molecule has 0 bridgehead atoms. The lowest BCUT2D eigenvalue weighted by Gasteiger charge is -2.11. The normalized spacial score (nSPS) is 12.7. The van der Waals surface area contributed by atoms with E-state index in [1.54, 1.807) is 12.3 Å². The number of aliphatic hydroxyl groups is 1. The summed E-state index contributed by atoms with van der Waals surface area (Å²) in [5.41, 5.74) is 0.537. The average Bonchev–Trinajstić information content (AvgIpc) is 2.71. The molecule has 1 unspecified atom stereocenters. The fourth-order valence-corrected chi connectivity index (χ4v) is 2.38. The third-order valence-corrected chi connectivity index (χ3v) is 3.45. The van der Waals surface area contributed by atoms with Gasteiger partial charge < -0.3 is 5.11 Å². The van der Waals surface area contributed by atoms with Crippen LogP contribution in [-0.4, -0.2) is 10.1 Å². The molecule has 1 heterocycles. The number of aryl methyl sites for hydroxylation is 1. The maximum absolute atomic E-state index is 13.4. The third-order valence-electron chi connectivity index (χ3n) is 2.46. The van der Waals surface area contributed by atoms with Gasteiger partial charge in [0.15, 0.2) is 17.5 Å². The molecule has 0 spiro atoms. The number of benzene rings is 1. The fourth-order valence-electron chi connectivity index (χ4n) is 1.57. The van der Waals surface area contributed by atoms with Crippen molar-refractivity contribution >= 4 is 11.3 Å². The molecule has 0 fully saturated rings. The van der Waals surface area contributed by atoms with Crippen molar-refractivity contribution < 1.29 is 18.3 Å². The molecule has 1 aromatic heterocycles.